The molecule has 194 valence electrons. The minimum atomic E-state index is -3.84. The van der Waals surface area contributed by atoms with Crippen LogP contribution in [0.15, 0.2) is 47.4 Å². The van der Waals surface area contributed by atoms with Gasteiger partial charge >= 0.3 is 0 Å². The van der Waals surface area contributed by atoms with Crippen molar-refractivity contribution in [3.8, 4) is 0 Å². The van der Waals surface area contributed by atoms with Crippen LogP contribution in [-0.4, -0.2) is 62.7 Å². The first-order chi connectivity index (χ1) is 17.7. The van der Waals surface area contributed by atoms with Crippen molar-refractivity contribution in [1.29, 1.82) is 0 Å². The van der Waals surface area contributed by atoms with Crippen molar-refractivity contribution in [2.75, 3.05) is 24.6 Å². The maximum absolute atomic E-state index is 13.4. The Balaban J connectivity index is 1.25. The monoisotopic (exact) mass is 525 g/mol. The summed E-state index contributed by atoms with van der Waals surface area (Å²) in [6, 6.07) is 10.5. The van der Waals surface area contributed by atoms with Gasteiger partial charge in [-0.2, -0.15) is 8.42 Å². The second-order valence-corrected chi connectivity index (χ2v) is 11.2. The van der Waals surface area contributed by atoms with Gasteiger partial charge in [0.25, 0.3) is 21.9 Å². The van der Waals surface area contributed by atoms with Gasteiger partial charge in [-0.3, -0.25) is 33.6 Å². The summed E-state index contributed by atoms with van der Waals surface area (Å²) in [6.07, 6.45) is 1.45. The normalized spacial score (nSPS) is 20.8. The minimum absolute atomic E-state index is 0.0190. The molecule has 2 aromatic carbocycles. The quantitative estimate of drug-likeness (QED) is 0.448. The van der Waals surface area contributed by atoms with Crippen molar-refractivity contribution in [3.05, 3.63) is 59.2 Å². The molecule has 0 spiro atoms. The van der Waals surface area contributed by atoms with Gasteiger partial charge in [-0.1, -0.05) is 23.8 Å². The minimum Gasteiger partial charge on any atom is -0.371 e. The lowest BCUT2D eigenvalue weighted by molar-refractivity contribution is -0.136. The van der Waals surface area contributed by atoms with E-state index in [1.165, 1.54) is 12.1 Å². The van der Waals surface area contributed by atoms with Gasteiger partial charge in [-0.15, -0.1) is 0 Å². The first-order valence-corrected chi connectivity index (χ1v) is 13.6. The van der Waals surface area contributed by atoms with Gasteiger partial charge in [0, 0.05) is 19.5 Å². The number of benzene rings is 2. The molecule has 1 N–H and O–H groups in total. The molecule has 0 saturated carbocycles. The van der Waals surface area contributed by atoms with E-state index in [1.54, 1.807) is 30.3 Å². The van der Waals surface area contributed by atoms with Crippen molar-refractivity contribution in [2.45, 2.75) is 43.5 Å². The Hall–Kier alpha value is -3.57. The van der Waals surface area contributed by atoms with Gasteiger partial charge in [-0.25, -0.2) is 0 Å². The second kappa shape index (κ2) is 9.71. The van der Waals surface area contributed by atoms with E-state index in [1.807, 2.05) is 11.8 Å². The maximum Gasteiger partial charge on any atom is 0.296 e. The third-order valence-electron chi connectivity index (χ3n) is 7.17. The second-order valence-electron chi connectivity index (χ2n) is 9.63. The Bertz CT molecular complexity index is 1380. The molecule has 37 heavy (non-hydrogen) atoms. The first kappa shape index (κ1) is 25.1. The summed E-state index contributed by atoms with van der Waals surface area (Å²) in [5.74, 6) is -2.13. The van der Waals surface area contributed by atoms with Crippen LogP contribution in [0.1, 0.15) is 52.0 Å². The van der Waals surface area contributed by atoms with E-state index in [2.05, 4.69) is 5.32 Å². The number of hydrogen-bond acceptors (Lipinski definition) is 8. The van der Waals surface area contributed by atoms with Crippen LogP contribution in [0, 0.1) is 12.8 Å². The summed E-state index contributed by atoms with van der Waals surface area (Å²) >= 11 is 0. The summed E-state index contributed by atoms with van der Waals surface area (Å²) in [7, 11) is -3.84. The smallest absolute Gasteiger partial charge is 0.296 e. The molecule has 3 aliphatic rings. The van der Waals surface area contributed by atoms with Gasteiger partial charge in [0.05, 0.1) is 28.3 Å². The first-order valence-electron chi connectivity index (χ1n) is 12.2. The van der Waals surface area contributed by atoms with Gasteiger partial charge in [0.1, 0.15) is 6.04 Å². The molecular weight excluding hydrogens is 498 g/mol. The fourth-order valence-electron chi connectivity index (χ4n) is 5.06. The van der Waals surface area contributed by atoms with Crippen molar-refractivity contribution < 1.29 is 31.8 Å². The molecular formula is C26H27N3O7S. The molecule has 11 heteroatoms. The van der Waals surface area contributed by atoms with Crippen molar-refractivity contribution in [3.63, 3.8) is 0 Å². The largest absolute Gasteiger partial charge is 0.371 e. The molecule has 1 atom stereocenters. The number of anilines is 1. The number of carbonyl (C=O) groups excluding carboxylic acids is 4. The number of hydrogen-bond donors (Lipinski definition) is 1. The lowest BCUT2D eigenvalue weighted by atomic mass is 9.96. The fraction of sp³-hybridized carbons (Fsp3) is 0.385. The van der Waals surface area contributed by atoms with Crippen LogP contribution in [0.25, 0.3) is 0 Å². The van der Waals surface area contributed by atoms with E-state index in [9.17, 15) is 27.6 Å². The molecule has 0 aromatic heterocycles. The molecule has 0 radical (unpaired) electrons. The van der Waals surface area contributed by atoms with Gasteiger partial charge in [0.15, 0.2) is 0 Å². The van der Waals surface area contributed by atoms with Gasteiger partial charge in [-0.05, 0) is 56.4 Å². The summed E-state index contributed by atoms with van der Waals surface area (Å²) in [5, 5.41) is 2.20. The molecule has 1 unspecified atom stereocenters. The average Bonchev–Trinajstić information content (AvgIpc) is 3.13. The maximum atomic E-state index is 13.4. The van der Waals surface area contributed by atoms with Crippen LogP contribution in [0.2, 0.25) is 0 Å². The highest BCUT2D eigenvalue weighted by Crippen LogP contribution is 2.36. The average molecular weight is 526 g/mol. The topological polar surface area (TPSA) is 130 Å². The number of fused-ring (bicyclic) bond motifs is 1. The van der Waals surface area contributed by atoms with Crippen molar-refractivity contribution >= 4 is 39.4 Å². The lowest BCUT2D eigenvalue weighted by Crippen LogP contribution is -2.54. The van der Waals surface area contributed by atoms with E-state index in [0.29, 0.717) is 31.6 Å². The van der Waals surface area contributed by atoms with E-state index >= 15 is 0 Å². The molecule has 0 bridgehead atoms. The number of imide groups is 2. The highest BCUT2D eigenvalue weighted by Gasteiger charge is 2.46. The van der Waals surface area contributed by atoms with Crippen molar-refractivity contribution in [1.82, 2.24) is 10.2 Å². The molecule has 3 aliphatic heterocycles. The zero-order valence-electron chi connectivity index (χ0n) is 20.3. The van der Waals surface area contributed by atoms with Crippen LogP contribution in [0.4, 0.5) is 5.69 Å². The molecule has 2 fully saturated rings. The predicted octanol–water partition coefficient (Wildman–Crippen LogP) is 2.02. The highest BCUT2D eigenvalue weighted by atomic mass is 32.2. The molecule has 2 aromatic rings. The van der Waals surface area contributed by atoms with Crippen LogP contribution in [0.5, 0.6) is 0 Å². The number of nitrogens with one attached hydrogen (secondary N) is 1. The number of piperidine rings is 2. The van der Waals surface area contributed by atoms with E-state index in [-0.39, 0.29) is 41.4 Å². The van der Waals surface area contributed by atoms with E-state index in [0.717, 1.165) is 10.5 Å². The third-order valence-corrected chi connectivity index (χ3v) is 8.47. The lowest BCUT2D eigenvalue weighted by Gasteiger charge is -2.34. The summed E-state index contributed by atoms with van der Waals surface area (Å²) in [6.45, 7) is 3.05. The Morgan fingerprint density at radius 3 is 2.32 bits per heavy atom. The fourth-order valence-corrected chi connectivity index (χ4v) is 6.04. The van der Waals surface area contributed by atoms with Crippen LogP contribution >= 0.6 is 0 Å². The SMILES string of the molecule is Cc1ccc(S(=O)(=O)OCC2CCN(c3cccc4c3C(=O)N(C3CCC(=O)NC3=O)C4=O)CC2)cc1. The standard InChI is InChI=1S/C26H27N3O7S/c1-16-5-7-18(8-6-16)37(34,35)36-15-17-11-13-28(14-12-17)20-4-2-3-19-23(20)26(33)29(25(19)32)21-9-10-22(30)27-24(21)31/h2-8,17,21H,9-15H2,1H3,(H,27,30,31). The number of carbonyl (C=O) groups is 4. The molecule has 2 saturated heterocycles. The zero-order valence-corrected chi connectivity index (χ0v) is 21.1. The molecule has 3 heterocycles. The van der Waals surface area contributed by atoms with Gasteiger partial charge in [0.2, 0.25) is 11.8 Å². The van der Waals surface area contributed by atoms with Crippen LogP contribution < -0.4 is 10.2 Å². The number of amides is 4. The van der Waals surface area contributed by atoms with Gasteiger partial charge < -0.3 is 4.90 Å². The van der Waals surface area contributed by atoms with E-state index < -0.39 is 39.8 Å². The molecule has 4 amide bonds. The zero-order chi connectivity index (χ0) is 26.3. The Kier molecular flexibility index (Phi) is 6.59. The molecule has 0 aliphatic carbocycles. The Morgan fingerprint density at radius 1 is 0.946 bits per heavy atom. The predicted molar refractivity (Wildman–Crippen MR) is 132 cm³/mol. The number of rotatable bonds is 6. The van der Waals surface area contributed by atoms with E-state index in [4.69, 9.17) is 4.18 Å². The summed E-state index contributed by atoms with van der Waals surface area (Å²) in [4.78, 5) is 53.4. The Morgan fingerprint density at radius 2 is 1.65 bits per heavy atom. The van der Waals surface area contributed by atoms with Crippen molar-refractivity contribution in [2.24, 2.45) is 5.92 Å². The highest BCUT2D eigenvalue weighted by molar-refractivity contribution is 7.86. The van der Waals surface area contributed by atoms with Crippen LogP contribution in [-0.2, 0) is 23.9 Å². The summed E-state index contributed by atoms with van der Waals surface area (Å²) in [5.41, 5.74) is 2.06. The molecule has 10 nitrogen and oxygen atoms in total. The number of aryl methyl sites for hydroxylation is 1. The summed E-state index contributed by atoms with van der Waals surface area (Å²) < 4.78 is 30.4. The Labute approximate surface area is 214 Å². The van der Waals surface area contributed by atoms with Crippen LogP contribution in [0.3, 0.4) is 0 Å². The number of nitrogens with zero attached hydrogens (tertiary/aromatic N) is 2. The third kappa shape index (κ3) is 4.76. The molecule has 5 rings (SSSR count).